The van der Waals surface area contributed by atoms with E-state index in [1.165, 1.54) is 36.4 Å². The van der Waals surface area contributed by atoms with E-state index in [0.29, 0.717) is 34.8 Å². The van der Waals surface area contributed by atoms with Gasteiger partial charge in [0.25, 0.3) is 11.6 Å². The fraction of sp³-hybridized carbons (Fsp3) is 0.263. The van der Waals surface area contributed by atoms with E-state index in [1.54, 1.807) is 10.6 Å². The highest BCUT2D eigenvalue weighted by molar-refractivity contribution is 7.90. The molecule has 0 aliphatic heterocycles. The van der Waals surface area contributed by atoms with Crippen molar-refractivity contribution in [1.82, 2.24) is 4.57 Å². The fourth-order valence-electron chi connectivity index (χ4n) is 2.77. The summed E-state index contributed by atoms with van der Waals surface area (Å²) in [4.78, 5) is 27.9. The lowest BCUT2D eigenvalue weighted by Crippen LogP contribution is -2.19. The Bertz CT molecular complexity index is 1270. The zero-order chi connectivity index (χ0) is 21.9. The van der Waals surface area contributed by atoms with E-state index < -0.39 is 20.7 Å². The van der Waals surface area contributed by atoms with Gasteiger partial charge in [0.05, 0.1) is 26.6 Å². The Morgan fingerprint density at radius 3 is 2.53 bits per heavy atom. The van der Waals surface area contributed by atoms with Crippen molar-refractivity contribution in [3.63, 3.8) is 0 Å². The maximum Gasteiger partial charge on any atom is 0.279 e. The van der Waals surface area contributed by atoms with Crippen LogP contribution in [-0.4, -0.2) is 43.3 Å². The van der Waals surface area contributed by atoms with Gasteiger partial charge in [0.1, 0.15) is 0 Å². The van der Waals surface area contributed by atoms with Gasteiger partial charge in [0, 0.05) is 37.1 Å². The Kier molecular flexibility index (Phi) is 6.44. The molecule has 0 spiro atoms. The number of hydrogen-bond acceptors (Lipinski definition) is 7. The molecule has 1 amide bonds. The Balaban J connectivity index is 2.05. The summed E-state index contributed by atoms with van der Waals surface area (Å²) in [5.74, 6) is -0.540. The lowest BCUT2D eigenvalue weighted by atomic mass is 10.2. The highest BCUT2D eigenvalue weighted by Crippen LogP contribution is 2.23. The number of nitro benzene ring substituents is 1. The van der Waals surface area contributed by atoms with Gasteiger partial charge in [-0.1, -0.05) is 11.3 Å². The molecule has 0 fully saturated rings. The van der Waals surface area contributed by atoms with Crippen molar-refractivity contribution in [1.29, 1.82) is 0 Å². The van der Waals surface area contributed by atoms with Crippen molar-refractivity contribution in [2.24, 2.45) is 4.99 Å². The molecule has 2 aromatic carbocycles. The van der Waals surface area contributed by atoms with Crippen LogP contribution in [0.2, 0.25) is 0 Å². The third-order valence-corrected chi connectivity index (χ3v) is 6.44. The van der Waals surface area contributed by atoms with Crippen molar-refractivity contribution < 1.29 is 22.9 Å². The summed E-state index contributed by atoms with van der Waals surface area (Å²) >= 11 is 1.16. The molecule has 0 N–H and O–H groups in total. The average molecular weight is 450 g/mol. The zero-order valence-electron chi connectivity index (χ0n) is 16.3. The molecule has 9 nitrogen and oxygen atoms in total. The minimum absolute atomic E-state index is 0.0463. The van der Waals surface area contributed by atoms with Crippen molar-refractivity contribution in [2.45, 2.75) is 18.4 Å². The SMILES string of the molecule is CCOCCn1c(=NC(=O)c2ccc(S(C)(=O)=O)cc2)sc2cc([N+](=O)[O-])ccc21. The molecule has 3 aromatic rings. The molecule has 30 heavy (non-hydrogen) atoms. The number of rotatable bonds is 7. The summed E-state index contributed by atoms with van der Waals surface area (Å²) in [6.07, 6.45) is 1.09. The zero-order valence-corrected chi connectivity index (χ0v) is 17.9. The normalized spacial score (nSPS) is 12.4. The fourth-order valence-corrected chi connectivity index (χ4v) is 4.49. The average Bonchev–Trinajstić information content (AvgIpc) is 3.04. The van der Waals surface area contributed by atoms with Gasteiger partial charge in [-0.3, -0.25) is 14.9 Å². The summed E-state index contributed by atoms with van der Waals surface area (Å²) in [7, 11) is -3.37. The van der Waals surface area contributed by atoms with Crippen LogP contribution in [0.4, 0.5) is 5.69 Å². The summed E-state index contributed by atoms with van der Waals surface area (Å²) in [6, 6.07) is 10.0. The minimum Gasteiger partial charge on any atom is -0.380 e. The van der Waals surface area contributed by atoms with Crippen LogP contribution in [0.3, 0.4) is 0 Å². The van der Waals surface area contributed by atoms with E-state index >= 15 is 0 Å². The van der Waals surface area contributed by atoms with Gasteiger partial charge in [-0.15, -0.1) is 0 Å². The van der Waals surface area contributed by atoms with E-state index in [2.05, 4.69) is 4.99 Å². The number of nitrogens with zero attached hydrogens (tertiary/aromatic N) is 3. The maximum atomic E-state index is 12.6. The van der Waals surface area contributed by atoms with Crippen LogP contribution in [0.5, 0.6) is 0 Å². The standard InChI is InChI=1S/C19H19N3O6S2/c1-3-28-11-10-21-16-9-6-14(22(24)25)12-17(16)29-19(21)20-18(23)13-4-7-15(8-5-13)30(2,26)27/h4-9,12H,3,10-11H2,1-2H3. The summed E-state index contributed by atoms with van der Waals surface area (Å²) in [5.41, 5.74) is 0.904. The molecular formula is C19H19N3O6S2. The molecule has 0 aliphatic carbocycles. The molecule has 0 atom stereocenters. The number of thiazole rings is 1. The van der Waals surface area contributed by atoms with Crippen molar-refractivity contribution >= 4 is 43.0 Å². The molecule has 1 aromatic heterocycles. The molecule has 3 rings (SSSR count). The van der Waals surface area contributed by atoms with E-state index in [9.17, 15) is 23.3 Å². The van der Waals surface area contributed by atoms with Gasteiger partial charge in [-0.25, -0.2) is 8.42 Å². The van der Waals surface area contributed by atoms with Crippen LogP contribution in [0.15, 0.2) is 52.4 Å². The van der Waals surface area contributed by atoms with Crippen molar-refractivity contribution in [2.75, 3.05) is 19.5 Å². The number of hydrogen-bond donors (Lipinski definition) is 0. The molecule has 1 heterocycles. The molecule has 0 bridgehead atoms. The van der Waals surface area contributed by atoms with Crippen LogP contribution in [-0.2, 0) is 21.1 Å². The number of ether oxygens (including phenoxy) is 1. The molecule has 0 radical (unpaired) electrons. The Morgan fingerprint density at radius 2 is 1.93 bits per heavy atom. The predicted molar refractivity (Wildman–Crippen MR) is 112 cm³/mol. The van der Waals surface area contributed by atoms with Crippen LogP contribution in [0, 0.1) is 10.1 Å². The topological polar surface area (TPSA) is 121 Å². The highest BCUT2D eigenvalue weighted by Gasteiger charge is 2.14. The first kappa shape index (κ1) is 21.8. The van der Waals surface area contributed by atoms with Crippen LogP contribution < -0.4 is 4.80 Å². The molecular weight excluding hydrogens is 430 g/mol. The second kappa shape index (κ2) is 8.86. The van der Waals surface area contributed by atoms with Gasteiger partial charge in [0.15, 0.2) is 14.6 Å². The first-order valence-electron chi connectivity index (χ1n) is 8.95. The predicted octanol–water partition coefficient (Wildman–Crippen LogP) is 2.79. The van der Waals surface area contributed by atoms with Crippen LogP contribution >= 0.6 is 11.3 Å². The second-order valence-corrected chi connectivity index (χ2v) is 9.38. The molecule has 11 heteroatoms. The minimum atomic E-state index is -3.37. The van der Waals surface area contributed by atoms with Crippen LogP contribution in [0.1, 0.15) is 17.3 Å². The molecule has 0 saturated heterocycles. The van der Waals surface area contributed by atoms with Gasteiger partial charge in [0.2, 0.25) is 0 Å². The Morgan fingerprint density at radius 1 is 1.23 bits per heavy atom. The molecule has 158 valence electrons. The number of carbonyl (C=O) groups excluding carboxylic acids is 1. The quantitative estimate of drug-likeness (QED) is 0.311. The highest BCUT2D eigenvalue weighted by atomic mass is 32.2. The van der Waals surface area contributed by atoms with Gasteiger partial charge in [-0.05, 0) is 37.3 Å². The number of carbonyl (C=O) groups is 1. The number of aromatic nitrogens is 1. The van der Waals surface area contributed by atoms with Crippen molar-refractivity contribution in [3.8, 4) is 0 Å². The first-order valence-corrected chi connectivity index (χ1v) is 11.7. The Hall–Kier alpha value is -2.89. The molecule has 0 unspecified atom stereocenters. The number of nitro groups is 1. The van der Waals surface area contributed by atoms with E-state index in [4.69, 9.17) is 4.74 Å². The second-order valence-electron chi connectivity index (χ2n) is 6.36. The number of sulfone groups is 1. The van der Waals surface area contributed by atoms with Crippen molar-refractivity contribution in [3.05, 3.63) is 62.9 Å². The largest absolute Gasteiger partial charge is 0.380 e. The number of amides is 1. The van der Waals surface area contributed by atoms with E-state index in [0.717, 1.165) is 17.6 Å². The van der Waals surface area contributed by atoms with Gasteiger partial charge >= 0.3 is 0 Å². The van der Waals surface area contributed by atoms with E-state index in [-0.39, 0.29) is 16.1 Å². The van der Waals surface area contributed by atoms with Gasteiger partial charge in [-0.2, -0.15) is 4.99 Å². The molecule has 0 saturated carbocycles. The monoisotopic (exact) mass is 449 g/mol. The first-order chi connectivity index (χ1) is 14.2. The number of benzene rings is 2. The number of fused-ring (bicyclic) bond motifs is 1. The summed E-state index contributed by atoms with van der Waals surface area (Å²) in [5, 5.41) is 11.1. The maximum absolute atomic E-state index is 12.6. The molecule has 0 aliphatic rings. The summed E-state index contributed by atoms with van der Waals surface area (Å²) in [6.45, 7) is 3.22. The summed E-state index contributed by atoms with van der Waals surface area (Å²) < 4.78 is 31.0. The lowest BCUT2D eigenvalue weighted by molar-refractivity contribution is -0.384. The lowest BCUT2D eigenvalue weighted by Gasteiger charge is -2.05. The third kappa shape index (κ3) is 4.81. The van der Waals surface area contributed by atoms with Crippen LogP contribution in [0.25, 0.3) is 10.2 Å². The van der Waals surface area contributed by atoms with Gasteiger partial charge < -0.3 is 9.30 Å². The third-order valence-electron chi connectivity index (χ3n) is 4.27. The Labute approximate surface area is 176 Å². The smallest absolute Gasteiger partial charge is 0.279 e. The number of non-ortho nitro benzene ring substituents is 1. The van der Waals surface area contributed by atoms with E-state index in [1.807, 2.05) is 6.92 Å².